The van der Waals surface area contributed by atoms with Crippen LogP contribution >= 0.6 is 0 Å². The molecule has 0 fully saturated rings. The number of nitrogens with one attached hydrogen (secondary N) is 4. The summed E-state index contributed by atoms with van der Waals surface area (Å²) in [6, 6.07) is 3.12. The standard InChI is InChI=1S/C30H50N8O7/c1-17(2)13-22(26(41)35-21(29(44)45)11-8-12-34-30(32)33)37-27(42)23(14-18(3)4)38-28(43)24(36-25(40)20(31)16-39)15-19-9-6-5-7-10-19/h5-7,9-10,17-18,20-24,39H,8,11-16,31H2,1-4H3,(H,35,41)(H,36,40)(H,37,42)(H,38,43)(H,44,45)(H4,32,33,34)/t20-,21-,22-,23-,24-/m0/s1. The van der Waals surface area contributed by atoms with Crippen molar-refractivity contribution in [3.8, 4) is 0 Å². The van der Waals surface area contributed by atoms with Crippen molar-refractivity contribution in [1.82, 2.24) is 21.3 Å². The fourth-order valence-corrected chi connectivity index (χ4v) is 4.40. The molecule has 15 heteroatoms. The van der Waals surface area contributed by atoms with Gasteiger partial charge in [-0.2, -0.15) is 0 Å². The number of guanidine groups is 1. The Hall–Kier alpha value is -4.24. The van der Waals surface area contributed by atoms with E-state index in [0.29, 0.717) is 6.42 Å². The molecule has 0 unspecified atom stereocenters. The number of nitrogens with zero attached hydrogens (tertiary/aromatic N) is 1. The quantitative estimate of drug-likeness (QED) is 0.0466. The molecule has 0 radical (unpaired) electrons. The normalized spacial score (nSPS) is 14.4. The molecule has 0 aromatic heterocycles. The average Bonchev–Trinajstić information content (AvgIpc) is 2.96. The van der Waals surface area contributed by atoms with Crippen molar-refractivity contribution in [2.45, 2.75) is 90.0 Å². The van der Waals surface area contributed by atoms with E-state index in [4.69, 9.17) is 17.2 Å². The Balaban J connectivity index is 3.15. The Bertz CT molecular complexity index is 1140. The van der Waals surface area contributed by atoms with Crippen LogP contribution in [0.4, 0.5) is 0 Å². The molecule has 1 aromatic carbocycles. The lowest BCUT2D eigenvalue weighted by molar-refractivity contribution is -0.142. The van der Waals surface area contributed by atoms with Gasteiger partial charge >= 0.3 is 5.97 Å². The molecule has 45 heavy (non-hydrogen) atoms. The highest BCUT2D eigenvalue weighted by Gasteiger charge is 2.32. The van der Waals surface area contributed by atoms with Crippen LogP contribution in [-0.2, 0) is 30.4 Å². The van der Waals surface area contributed by atoms with Crippen LogP contribution in [0.3, 0.4) is 0 Å². The summed E-state index contributed by atoms with van der Waals surface area (Å²) in [6.45, 7) is 6.96. The van der Waals surface area contributed by atoms with Gasteiger partial charge in [-0.3, -0.25) is 24.2 Å². The number of nitrogens with two attached hydrogens (primary N) is 3. The van der Waals surface area contributed by atoms with Crippen LogP contribution in [0.25, 0.3) is 0 Å². The van der Waals surface area contributed by atoms with Gasteiger partial charge in [0.25, 0.3) is 0 Å². The van der Waals surface area contributed by atoms with Crippen molar-refractivity contribution < 1.29 is 34.2 Å². The first-order chi connectivity index (χ1) is 21.1. The maximum absolute atomic E-state index is 13.6. The van der Waals surface area contributed by atoms with Gasteiger partial charge < -0.3 is 48.7 Å². The lowest BCUT2D eigenvalue weighted by Gasteiger charge is -2.28. The Morgan fingerprint density at radius 3 is 1.67 bits per heavy atom. The van der Waals surface area contributed by atoms with Gasteiger partial charge in [-0.25, -0.2) is 4.79 Å². The van der Waals surface area contributed by atoms with Gasteiger partial charge in [0.1, 0.15) is 30.2 Å². The molecule has 0 saturated heterocycles. The van der Waals surface area contributed by atoms with Crippen LogP contribution in [0.5, 0.6) is 0 Å². The van der Waals surface area contributed by atoms with Gasteiger partial charge in [-0.15, -0.1) is 0 Å². The molecule has 1 rings (SSSR count). The zero-order valence-electron chi connectivity index (χ0n) is 26.5. The molecule has 0 saturated carbocycles. The number of hydrogen-bond acceptors (Lipinski definition) is 8. The van der Waals surface area contributed by atoms with Gasteiger partial charge in [0.15, 0.2) is 5.96 Å². The summed E-state index contributed by atoms with van der Waals surface area (Å²) in [7, 11) is 0. The van der Waals surface area contributed by atoms with Crippen LogP contribution in [0.1, 0.15) is 58.9 Å². The van der Waals surface area contributed by atoms with Crippen molar-refractivity contribution in [3.05, 3.63) is 35.9 Å². The average molecular weight is 635 g/mol. The maximum Gasteiger partial charge on any atom is 0.326 e. The van der Waals surface area contributed by atoms with Crippen molar-refractivity contribution in [2.24, 2.45) is 34.0 Å². The van der Waals surface area contributed by atoms with Crippen LogP contribution in [0, 0.1) is 11.8 Å². The number of aliphatic hydroxyl groups is 1. The third-order valence-electron chi connectivity index (χ3n) is 6.69. The number of amides is 4. The number of hydrogen-bond donors (Lipinski definition) is 9. The van der Waals surface area contributed by atoms with Crippen molar-refractivity contribution in [2.75, 3.05) is 13.2 Å². The lowest BCUT2D eigenvalue weighted by Crippen LogP contribution is -2.59. The highest BCUT2D eigenvalue weighted by molar-refractivity contribution is 5.95. The van der Waals surface area contributed by atoms with Gasteiger partial charge in [-0.1, -0.05) is 58.0 Å². The largest absolute Gasteiger partial charge is 0.480 e. The fraction of sp³-hybridized carbons (Fsp3) is 0.600. The highest BCUT2D eigenvalue weighted by Crippen LogP contribution is 2.11. The van der Waals surface area contributed by atoms with Gasteiger partial charge in [0.05, 0.1) is 6.61 Å². The molecule has 4 amide bonds. The Kier molecular flexibility index (Phi) is 17.2. The number of carboxylic acid groups (broad SMARTS) is 1. The lowest BCUT2D eigenvalue weighted by atomic mass is 9.99. The van der Waals surface area contributed by atoms with E-state index in [1.54, 1.807) is 30.3 Å². The smallest absolute Gasteiger partial charge is 0.326 e. The summed E-state index contributed by atoms with van der Waals surface area (Å²) in [5, 5.41) is 29.4. The summed E-state index contributed by atoms with van der Waals surface area (Å²) < 4.78 is 0. The molecular formula is C30H50N8O7. The maximum atomic E-state index is 13.6. The van der Waals surface area contributed by atoms with Crippen molar-refractivity contribution in [1.29, 1.82) is 0 Å². The van der Waals surface area contributed by atoms with E-state index in [1.807, 2.05) is 27.7 Å². The number of aliphatic hydroxyl groups excluding tert-OH is 1. The predicted molar refractivity (Wildman–Crippen MR) is 169 cm³/mol. The van der Waals surface area contributed by atoms with Gasteiger partial charge in [0, 0.05) is 13.0 Å². The molecule has 0 bridgehead atoms. The zero-order valence-corrected chi connectivity index (χ0v) is 26.5. The molecule has 0 spiro atoms. The summed E-state index contributed by atoms with van der Waals surface area (Å²) in [4.78, 5) is 68.4. The second kappa shape index (κ2) is 19.9. The van der Waals surface area contributed by atoms with Crippen molar-refractivity contribution >= 4 is 35.6 Å². The van der Waals surface area contributed by atoms with E-state index in [0.717, 1.165) is 5.56 Å². The Labute approximate surface area is 264 Å². The molecule has 0 aliphatic carbocycles. The minimum Gasteiger partial charge on any atom is -0.480 e. The van der Waals surface area contributed by atoms with E-state index >= 15 is 0 Å². The van der Waals surface area contributed by atoms with Gasteiger partial charge in [-0.05, 0) is 43.1 Å². The number of aliphatic imine (C=N–C) groups is 1. The Morgan fingerprint density at radius 1 is 0.756 bits per heavy atom. The van der Waals surface area contributed by atoms with Crippen LogP contribution in [0.2, 0.25) is 0 Å². The second-order valence-electron chi connectivity index (χ2n) is 11.8. The summed E-state index contributed by atoms with van der Waals surface area (Å²) >= 11 is 0. The first kappa shape index (κ1) is 38.8. The molecule has 0 aliphatic rings. The fourth-order valence-electron chi connectivity index (χ4n) is 4.40. The van der Waals surface area contributed by atoms with Crippen LogP contribution in [-0.4, -0.2) is 89.1 Å². The Morgan fingerprint density at radius 2 is 1.22 bits per heavy atom. The van der Waals surface area contributed by atoms with Crippen LogP contribution < -0.4 is 38.5 Å². The molecule has 12 N–H and O–H groups in total. The molecule has 5 atom stereocenters. The van der Waals surface area contributed by atoms with E-state index in [9.17, 15) is 34.2 Å². The van der Waals surface area contributed by atoms with E-state index in [2.05, 4.69) is 26.3 Å². The van der Waals surface area contributed by atoms with E-state index in [-0.39, 0.29) is 50.0 Å². The monoisotopic (exact) mass is 634 g/mol. The van der Waals surface area contributed by atoms with Crippen LogP contribution in [0.15, 0.2) is 35.3 Å². The first-order valence-corrected chi connectivity index (χ1v) is 15.0. The number of carbonyl (C=O) groups excluding carboxylic acids is 4. The molecule has 1 aromatic rings. The second-order valence-corrected chi connectivity index (χ2v) is 11.8. The molecule has 0 aliphatic heterocycles. The van der Waals surface area contributed by atoms with E-state index < -0.39 is 66.4 Å². The first-order valence-electron chi connectivity index (χ1n) is 15.0. The third-order valence-corrected chi connectivity index (χ3v) is 6.69. The number of aliphatic carboxylic acids is 1. The minimum absolute atomic E-state index is 0.0504. The topological polar surface area (TPSA) is 264 Å². The molecule has 0 heterocycles. The summed E-state index contributed by atoms with van der Waals surface area (Å²) in [5.41, 5.74) is 17.0. The summed E-state index contributed by atoms with van der Waals surface area (Å²) in [5.74, 6) is -4.21. The number of carbonyl (C=O) groups is 5. The number of carboxylic acids is 1. The third kappa shape index (κ3) is 15.4. The minimum atomic E-state index is -1.25. The highest BCUT2D eigenvalue weighted by atomic mass is 16.4. The molecule has 252 valence electrons. The zero-order chi connectivity index (χ0) is 34.1. The molecule has 15 nitrogen and oxygen atoms in total. The van der Waals surface area contributed by atoms with Gasteiger partial charge in [0.2, 0.25) is 23.6 Å². The van der Waals surface area contributed by atoms with Crippen molar-refractivity contribution in [3.63, 3.8) is 0 Å². The summed E-state index contributed by atoms with van der Waals surface area (Å²) in [6.07, 6.45) is 0.846. The van der Waals surface area contributed by atoms with E-state index in [1.165, 1.54) is 0 Å². The SMILES string of the molecule is CC(C)C[C@H](NC(=O)[C@H](CC(C)C)NC(=O)[C@H](Cc1ccccc1)NC(=O)[C@@H](N)CO)C(=O)N[C@@H](CCCN=C(N)N)C(=O)O. The molecular weight excluding hydrogens is 584 g/mol. The number of rotatable bonds is 20. The predicted octanol–water partition coefficient (Wildman–Crippen LogP) is -1.28. The number of benzene rings is 1.